The highest BCUT2D eigenvalue weighted by Crippen LogP contribution is 2.32. The fourth-order valence-corrected chi connectivity index (χ4v) is 3.86. The number of amides is 1. The van der Waals surface area contributed by atoms with Crippen molar-refractivity contribution in [2.45, 2.75) is 64.3 Å². The Kier molecular flexibility index (Phi) is 9.05. The molecule has 0 aromatic heterocycles. The summed E-state index contributed by atoms with van der Waals surface area (Å²) in [6, 6.07) is 3.33. The zero-order valence-electron chi connectivity index (χ0n) is 17.0. The molecule has 1 N–H and O–H groups in total. The molecule has 1 aromatic carbocycles. The molecule has 29 heavy (non-hydrogen) atoms. The van der Waals surface area contributed by atoms with E-state index >= 15 is 0 Å². The molecule has 1 aliphatic rings. The van der Waals surface area contributed by atoms with Crippen molar-refractivity contribution in [2.75, 3.05) is 19.8 Å². The number of aldehydes is 1. The first-order valence-corrected chi connectivity index (χ1v) is 10.3. The maximum atomic E-state index is 12.6. The summed E-state index contributed by atoms with van der Waals surface area (Å²) in [6.07, 6.45) is 7.40. The van der Waals surface area contributed by atoms with Crippen molar-refractivity contribution in [2.24, 2.45) is 0 Å². The largest absolute Gasteiger partial charge is 0.487 e. The highest BCUT2D eigenvalue weighted by Gasteiger charge is 2.25. The molecule has 0 bridgehead atoms. The van der Waals surface area contributed by atoms with Gasteiger partial charge in [-0.25, -0.2) is 0 Å². The van der Waals surface area contributed by atoms with Crippen molar-refractivity contribution in [1.82, 2.24) is 4.90 Å². The van der Waals surface area contributed by atoms with Gasteiger partial charge in [-0.1, -0.05) is 25.3 Å². The third-order valence-corrected chi connectivity index (χ3v) is 5.42. The van der Waals surface area contributed by atoms with Crippen LogP contribution in [-0.2, 0) is 4.79 Å². The predicted octanol–water partition coefficient (Wildman–Crippen LogP) is 3.42. The molecule has 2 rings (SSSR count). The van der Waals surface area contributed by atoms with E-state index in [0.717, 1.165) is 25.7 Å². The minimum absolute atomic E-state index is 0.0230. The first kappa shape index (κ1) is 22.8. The van der Waals surface area contributed by atoms with Crippen LogP contribution in [0, 0.1) is 17.0 Å². The van der Waals surface area contributed by atoms with Crippen LogP contribution >= 0.6 is 0 Å². The van der Waals surface area contributed by atoms with Crippen LogP contribution in [0.25, 0.3) is 0 Å². The fraction of sp³-hybridized carbons (Fsp3) is 0.619. The third kappa shape index (κ3) is 6.25. The van der Waals surface area contributed by atoms with Crippen molar-refractivity contribution < 1.29 is 24.4 Å². The Morgan fingerprint density at radius 1 is 1.31 bits per heavy atom. The number of carbonyl (C=O) groups is 2. The van der Waals surface area contributed by atoms with Gasteiger partial charge in [-0.15, -0.1) is 0 Å². The van der Waals surface area contributed by atoms with E-state index in [1.807, 2.05) is 0 Å². The molecular formula is C21H30N2O6. The molecule has 160 valence electrons. The molecule has 0 radical (unpaired) electrons. The van der Waals surface area contributed by atoms with Gasteiger partial charge in [-0.2, -0.15) is 0 Å². The SMILES string of the molecule is Cc1ccc(OCCCCC(=O)N(CCO)C2CCCCC2)c([N+](=O)[O-])c1C=O. The van der Waals surface area contributed by atoms with Gasteiger partial charge >= 0.3 is 5.69 Å². The molecular weight excluding hydrogens is 376 g/mol. The molecule has 0 spiro atoms. The van der Waals surface area contributed by atoms with Gasteiger partial charge in [-0.05, 0) is 44.2 Å². The molecule has 8 heteroatoms. The number of benzene rings is 1. The quantitative estimate of drug-likeness (QED) is 0.261. The summed E-state index contributed by atoms with van der Waals surface area (Å²) in [5.41, 5.74) is 0.230. The zero-order chi connectivity index (χ0) is 21.2. The number of aliphatic hydroxyl groups is 1. The van der Waals surface area contributed by atoms with E-state index in [1.54, 1.807) is 17.9 Å². The molecule has 8 nitrogen and oxygen atoms in total. The molecule has 1 aromatic rings. The maximum absolute atomic E-state index is 12.6. The van der Waals surface area contributed by atoms with E-state index in [-0.39, 0.29) is 42.2 Å². The van der Waals surface area contributed by atoms with E-state index < -0.39 is 4.92 Å². The van der Waals surface area contributed by atoms with Gasteiger partial charge in [0.2, 0.25) is 5.91 Å². The van der Waals surface area contributed by atoms with Gasteiger partial charge in [0.15, 0.2) is 12.0 Å². The summed E-state index contributed by atoms with van der Waals surface area (Å²) in [4.78, 5) is 36.3. The van der Waals surface area contributed by atoms with Crippen molar-refractivity contribution in [3.05, 3.63) is 33.4 Å². The first-order chi connectivity index (χ1) is 14.0. The lowest BCUT2D eigenvalue weighted by atomic mass is 9.94. The first-order valence-electron chi connectivity index (χ1n) is 10.3. The van der Waals surface area contributed by atoms with E-state index in [2.05, 4.69) is 0 Å². The van der Waals surface area contributed by atoms with Crippen LogP contribution in [0.15, 0.2) is 12.1 Å². The minimum atomic E-state index is -0.605. The van der Waals surface area contributed by atoms with Crippen molar-refractivity contribution >= 4 is 17.9 Å². The summed E-state index contributed by atoms with van der Waals surface area (Å²) in [5, 5.41) is 20.6. The van der Waals surface area contributed by atoms with Gasteiger partial charge in [0.1, 0.15) is 0 Å². The molecule has 0 heterocycles. The highest BCUT2D eigenvalue weighted by atomic mass is 16.6. The lowest BCUT2D eigenvalue weighted by Gasteiger charge is -2.34. The molecule has 1 aliphatic carbocycles. The zero-order valence-corrected chi connectivity index (χ0v) is 17.0. The van der Waals surface area contributed by atoms with Gasteiger partial charge < -0.3 is 14.7 Å². The van der Waals surface area contributed by atoms with Gasteiger partial charge in [0.05, 0.1) is 23.7 Å². The topological polar surface area (TPSA) is 110 Å². The Morgan fingerprint density at radius 3 is 2.66 bits per heavy atom. The summed E-state index contributed by atoms with van der Waals surface area (Å²) in [5.74, 6) is 0.105. The molecule has 1 saturated carbocycles. The Labute approximate surface area is 171 Å². The van der Waals surface area contributed by atoms with E-state index in [9.17, 15) is 24.8 Å². The van der Waals surface area contributed by atoms with Gasteiger partial charge in [-0.3, -0.25) is 19.7 Å². The van der Waals surface area contributed by atoms with Crippen LogP contribution in [-0.4, -0.2) is 52.9 Å². The number of nitro benzene ring substituents is 1. The Hall–Kier alpha value is -2.48. The number of rotatable bonds is 11. The fourth-order valence-electron chi connectivity index (χ4n) is 3.86. The average molecular weight is 406 g/mol. The Morgan fingerprint density at radius 2 is 2.03 bits per heavy atom. The molecule has 0 unspecified atom stereocenters. The number of nitro groups is 1. The summed E-state index contributed by atoms with van der Waals surface area (Å²) in [6.45, 7) is 2.18. The molecule has 1 fully saturated rings. The Balaban J connectivity index is 1.85. The maximum Gasteiger partial charge on any atom is 0.321 e. The molecule has 0 saturated heterocycles. The second-order valence-corrected chi connectivity index (χ2v) is 7.43. The highest BCUT2D eigenvalue weighted by molar-refractivity contribution is 5.85. The predicted molar refractivity (Wildman–Crippen MR) is 108 cm³/mol. The molecule has 1 amide bonds. The number of carbonyl (C=O) groups excluding carboxylic acids is 2. The third-order valence-electron chi connectivity index (χ3n) is 5.42. The Bertz CT molecular complexity index is 715. The lowest BCUT2D eigenvalue weighted by molar-refractivity contribution is -0.386. The van der Waals surface area contributed by atoms with Crippen LogP contribution in [0.3, 0.4) is 0 Å². The van der Waals surface area contributed by atoms with Gasteiger partial charge in [0.25, 0.3) is 0 Å². The van der Waals surface area contributed by atoms with Crippen LogP contribution in [0.1, 0.15) is 67.3 Å². The van der Waals surface area contributed by atoms with Gasteiger partial charge in [0, 0.05) is 19.0 Å². The van der Waals surface area contributed by atoms with Crippen LogP contribution in [0.2, 0.25) is 0 Å². The van der Waals surface area contributed by atoms with Crippen LogP contribution < -0.4 is 4.74 Å². The molecule has 0 aliphatic heterocycles. The minimum Gasteiger partial charge on any atom is -0.487 e. The smallest absolute Gasteiger partial charge is 0.321 e. The number of ether oxygens (including phenoxy) is 1. The second kappa shape index (κ2) is 11.5. The number of aryl methyl sites for hydroxylation is 1. The normalized spacial score (nSPS) is 14.4. The van der Waals surface area contributed by atoms with E-state index in [4.69, 9.17) is 4.74 Å². The van der Waals surface area contributed by atoms with Crippen molar-refractivity contribution in [3.63, 3.8) is 0 Å². The average Bonchev–Trinajstić information content (AvgIpc) is 2.72. The number of nitrogens with zero attached hydrogens (tertiary/aromatic N) is 2. The van der Waals surface area contributed by atoms with Crippen LogP contribution in [0.4, 0.5) is 5.69 Å². The summed E-state index contributed by atoms with van der Waals surface area (Å²) < 4.78 is 5.54. The number of hydrogen-bond acceptors (Lipinski definition) is 6. The lowest BCUT2D eigenvalue weighted by Crippen LogP contribution is -2.43. The van der Waals surface area contributed by atoms with Crippen molar-refractivity contribution in [3.8, 4) is 5.75 Å². The van der Waals surface area contributed by atoms with Crippen LogP contribution in [0.5, 0.6) is 5.75 Å². The standard InChI is InChI=1S/C21H30N2O6/c1-16-10-11-19(21(23(27)28)18(16)15-25)29-14-6-5-9-20(26)22(12-13-24)17-7-3-2-4-8-17/h10-11,15,17,24H,2-9,12-14H2,1H3. The summed E-state index contributed by atoms with van der Waals surface area (Å²) >= 11 is 0. The number of hydrogen-bond donors (Lipinski definition) is 1. The van der Waals surface area contributed by atoms with E-state index in [0.29, 0.717) is 37.7 Å². The second-order valence-electron chi connectivity index (χ2n) is 7.43. The number of unbranched alkanes of at least 4 members (excludes halogenated alkanes) is 1. The van der Waals surface area contributed by atoms with E-state index in [1.165, 1.54) is 12.5 Å². The number of aliphatic hydroxyl groups excluding tert-OH is 1. The molecule has 0 atom stereocenters. The monoisotopic (exact) mass is 406 g/mol. The summed E-state index contributed by atoms with van der Waals surface area (Å²) in [7, 11) is 0. The van der Waals surface area contributed by atoms with Crippen molar-refractivity contribution in [1.29, 1.82) is 0 Å².